The first-order valence-electron chi connectivity index (χ1n) is 11.4. The molecule has 0 aliphatic carbocycles. The van der Waals surface area contributed by atoms with E-state index in [0.717, 1.165) is 29.4 Å². The second-order valence-electron chi connectivity index (χ2n) is 8.08. The third-order valence-electron chi connectivity index (χ3n) is 5.43. The Morgan fingerprint density at radius 1 is 1.11 bits per heavy atom. The van der Waals surface area contributed by atoms with Crippen molar-refractivity contribution in [3.05, 3.63) is 51.7 Å². The molecule has 12 heteroatoms. The van der Waals surface area contributed by atoms with Gasteiger partial charge in [0, 0.05) is 26.2 Å². The Labute approximate surface area is 207 Å². The van der Waals surface area contributed by atoms with Gasteiger partial charge in [0.05, 0.1) is 0 Å². The van der Waals surface area contributed by atoms with Crippen molar-refractivity contribution in [2.75, 3.05) is 13.1 Å². The summed E-state index contributed by atoms with van der Waals surface area (Å²) in [5.41, 5.74) is 0.325. The Kier molecular flexibility index (Phi) is 9.07. The fraction of sp³-hybridized carbons (Fsp3) is 0.435. The summed E-state index contributed by atoms with van der Waals surface area (Å²) in [6.07, 6.45) is 2.89. The fourth-order valence-electron chi connectivity index (χ4n) is 3.72. The van der Waals surface area contributed by atoms with Crippen molar-refractivity contribution in [1.29, 1.82) is 0 Å². The molecule has 0 atom stereocenters. The molecule has 0 spiro atoms. The van der Waals surface area contributed by atoms with E-state index in [4.69, 9.17) is 16.7 Å². The van der Waals surface area contributed by atoms with Gasteiger partial charge in [0.15, 0.2) is 5.82 Å². The van der Waals surface area contributed by atoms with Crippen LogP contribution in [-0.4, -0.2) is 54.2 Å². The lowest BCUT2D eigenvalue weighted by molar-refractivity contribution is -0.279. The fourth-order valence-corrected chi connectivity index (χ4v) is 3.88. The zero-order valence-electron chi connectivity index (χ0n) is 19.4. The number of nitrogens with zero attached hydrogens (tertiary/aromatic N) is 5. The van der Waals surface area contributed by atoms with Crippen LogP contribution in [0.25, 0.3) is 11.5 Å². The number of rotatable bonds is 12. The number of carbonyl (C=O) groups is 2. The molecule has 3 rings (SSSR count). The Balaban J connectivity index is 1.67. The number of carboxylic acid groups (broad SMARTS) is 1. The highest BCUT2D eigenvalue weighted by atomic mass is 35.5. The first kappa shape index (κ1) is 26.0. The number of aromatic nitrogens is 4. The van der Waals surface area contributed by atoms with Crippen LogP contribution in [0.4, 0.5) is 4.79 Å². The van der Waals surface area contributed by atoms with Crippen LogP contribution in [0.1, 0.15) is 38.2 Å². The van der Waals surface area contributed by atoms with Gasteiger partial charge in [-0.1, -0.05) is 50.1 Å². The van der Waals surface area contributed by atoms with Crippen LogP contribution in [0.5, 0.6) is 5.88 Å². The Morgan fingerprint density at radius 3 is 2.51 bits per heavy atom. The number of hydrogen-bond donors (Lipinski definition) is 2. The summed E-state index contributed by atoms with van der Waals surface area (Å²) in [5.74, 6) is -1.54. The number of fused-ring (bicyclic) bond motifs is 1. The molecular formula is C23H28ClN6O5-. The average molecular weight is 504 g/mol. The second kappa shape index (κ2) is 12.2. The van der Waals surface area contributed by atoms with Crippen LogP contribution in [-0.2, 0) is 24.4 Å². The van der Waals surface area contributed by atoms with Gasteiger partial charge >= 0.3 is 17.7 Å². The molecule has 0 unspecified atom stereocenters. The summed E-state index contributed by atoms with van der Waals surface area (Å²) in [5, 5.41) is 24.6. The van der Waals surface area contributed by atoms with Crippen LogP contribution in [0, 0.1) is 0 Å². The van der Waals surface area contributed by atoms with Gasteiger partial charge in [-0.25, -0.2) is 14.6 Å². The summed E-state index contributed by atoms with van der Waals surface area (Å²) in [6, 6.07) is 8.49. The molecule has 2 aliphatic rings. The monoisotopic (exact) mass is 503 g/mol. The Hall–Kier alpha value is -3.60. The minimum Gasteiger partial charge on any atom is -0.858 e. The van der Waals surface area contributed by atoms with Gasteiger partial charge in [0.2, 0.25) is 5.28 Å². The molecule has 2 heterocycles. The number of carbonyl (C=O) groups excluding carboxylic acids is 1. The molecule has 1 aromatic rings. The maximum absolute atomic E-state index is 13.0. The van der Waals surface area contributed by atoms with Gasteiger partial charge < -0.3 is 25.0 Å². The van der Waals surface area contributed by atoms with Crippen molar-refractivity contribution in [2.24, 2.45) is 0 Å². The van der Waals surface area contributed by atoms with Gasteiger partial charge in [-0.3, -0.25) is 9.36 Å². The number of nitrogens with one attached hydrogen (secondary N) is 1. The SMILES string of the molecule is CCCCCn1c2nc(Cl)nc-2c([O-])n(CCCNC(=O)N(CC(=O)O)Cc2ccccc2)c1=O. The van der Waals surface area contributed by atoms with Crippen molar-refractivity contribution < 1.29 is 19.8 Å². The topological polar surface area (TPSA) is 145 Å². The van der Waals surface area contributed by atoms with Crippen LogP contribution < -0.4 is 16.1 Å². The largest absolute Gasteiger partial charge is 0.858 e. The molecule has 0 aromatic heterocycles. The number of imidazole rings is 1. The van der Waals surface area contributed by atoms with E-state index in [2.05, 4.69) is 15.3 Å². The lowest BCUT2D eigenvalue weighted by Gasteiger charge is -2.23. The van der Waals surface area contributed by atoms with E-state index >= 15 is 0 Å². The zero-order valence-corrected chi connectivity index (χ0v) is 20.2. The van der Waals surface area contributed by atoms with Crippen molar-refractivity contribution in [3.8, 4) is 17.4 Å². The molecule has 0 fully saturated rings. The summed E-state index contributed by atoms with van der Waals surface area (Å²) in [6.45, 7) is 2.29. The van der Waals surface area contributed by atoms with Crippen molar-refractivity contribution in [3.63, 3.8) is 0 Å². The van der Waals surface area contributed by atoms with Gasteiger partial charge in [-0.2, -0.15) is 4.98 Å². The maximum Gasteiger partial charge on any atom is 0.329 e. The van der Waals surface area contributed by atoms with Crippen molar-refractivity contribution >= 4 is 23.6 Å². The van der Waals surface area contributed by atoms with Crippen LogP contribution in [0.15, 0.2) is 35.1 Å². The number of amides is 2. The maximum atomic E-state index is 13.0. The Morgan fingerprint density at radius 2 is 1.83 bits per heavy atom. The van der Waals surface area contributed by atoms with E-state index in [9.17, 15) is 19.5 Å². The molecule has 0 radical (unpaired) electrons. The molecule has 0 saturated heterocycles. The smallest absolute Gasteiger partial charge is 0.329 e. The van der Waals surface area contributed by atoms with Gasteiger partial charge in [-0.05, 0) is 35.9 Å². The lowest BCUT2D eigenvalue weighted by Crippen LogP contribution is -2.43. The van der Waals surface area contributed by atoms with Crippen LogP contribution in [0.2, 0.25) is 5.28 Å². The Bertz CT molecular complexity index is 1180. The zero-order chi connectivity index (χ0) is 25.4. The van der Waals surface area contributed by atoms with E-state index in [1.54, 1.807) is 24.3 Å². The first-order valence-corrected chi connectivity index (χ1v) is 11.8. The minimum absolute atomic E-state index is 0.0330. The molecule has 2 N–H and O–H groups in total. The highest BCUT2D eigenvalue weighted by Crippen LogP contribution is 2.27. The summed E-state index contributed by atoms with van der Waals surface area (Å²) in [7, 11) is 0. The number of unbranched alkanes of at least 4 members (excludes halogenated alkanes) is 2. The number of benzene rings is 1. The van der Waals surface area contributed by atoms with E-state index < -0.39 is 30.1 Å². The number of urea groups is 1. The number of carboxylic acids is 1. The average Bonchev–Trinajstić information content (AvgIpc) is 3.22. The van der Waals surface area contributed by atoms with E-state index in [-0.39, 0.29) is 42.9 Å². The molecular weight excluding hydrogens is 476 g/mol. The molecule has 0 saturated carbocycles. The summed E-state index contributed by atoms with van der Waals surface area (Å²) in [4.78, 5) is 46.0. The molecule has 1 aromatic carbocycles. The first-order chi connectivity index (χ1) is 16.8. The third-order valence-corrected chi connectivity index (χ3v) is 5.60. The number of aliphatic carboxylic acids is 1. The standard InChI is InChI=1S/C23H29ClN6O5/c1-2-3-7-12-29-19-18(26-21(24)27-19)20(33)30(23(29)35)13-8-11-25-22(34)28(15-17(31)32)14-16-9-5-4-6-10-16/h4-6,9-10,33H,2-3,7-8,11-15H2,1H3,(H,25,34)(H,31,32)/p-1. The van der Waals surface area contributed by atoms with Crippen LogP contribution in [0.3, 0.4) is 0 Å². The summed E-state index contributed by atoms with van der Waals surface area (Å²) >= 11 is 5.90. The molecule has 2 amide bonds. The molecule has 2 aliphatic heterocycles. The highest BCUT2D eigenvalue weighted by Gasteiger charge is 2.21. The van der Waals surface area contributed by atoms with Crippen molar-refractivity contribution in [2.45, 2.75) is 52.2 Å². The minimum atomic E-state index is -1.13. The quantitative estimate of drug-likeness (QED) is 0.284. The third kappa shape index (κ3) is 6.72. The second-order valence-corrected chi connectivity index (χ2v) is 8.42. The highest BCUT2D eigenvalue weighted by molar-refractivity contribution is 6.28. The normalized spacial score (nSPS) is 11.0. The predicted octanol–water partition coefficient (Wildman–Crippen LogP) is 2.15. The van der Waals surface area contributed by atoms with E-state index in [1.807, 2.05) is 13.0 Å². The molecule has 188 valence electrons. The molecule has 0 bridgehead atoms. The lowest BCUT2D eigenvalue weighted by atomic mass is 10.2. The van der Waals surface area contributed by atoms with Crippen LogP contribution >= 0.6 is 11.6 Å². The number of hydrogen-bond acceptors (Lipinski definition) is 6. The van der Waals surface area contributed by atoms with Crippen molar-refractivity contribution in [1.82, 2.24) is 29.3 Å². The number of halogens is 1. The van der Waals surface area contributed by atoms with E-state index in [1.165, 1.54) is 9.47 Å². The van der Waals surface area contributed by atoms with Gasteiger partial charge in [0.25, 0.3) is 0 Å². The predicted molar refractivity (Wildman–Crippen MR) is 127 cm³/mol. The van der Waals surface area contributed by atoms with E-state index in [0.29, 0.717) is 6.54 Å². The summed E-state index contributed by atoms with van der Waals surface area (Å²) < 4.78 is 2.49. The van der Waals surface area contributed by atoms with Gasteiger partial charge in [-0.15, -0.1) is 0 Å². The van der Waals surface area contributed by atoms with Gasteiger partial charge in [0.1, 0.15) is 12.2 Å². The molecule has 35 heavy (non-hydrogen) atoms. The molecule has 11 nitrogen and oxygen atoms in total.